The molecule has 0 spiro atoms. The average Bonchev–Trinajstić information content (AvgIpc) is 2.28. The SMILES string of the molecule is CCOC(=O)c1cccc2c1OCC(=O)N2. The first-order chi connectivity index (χ1) is 7.72. The first-order valence-electron chi connectivity index (χ1n) is 4.95. The molecule has 1 amide bonds. The molecule has 1 aliphatic heterocycles. The molecule has 0 radical (unpaired) electrons. The van der Waals surface area contributed by atoms with Gasteiger partial charge in [-0.25, -0.2) is 4.79 Å². The van der Waals surface area contributed by atoms with E-state index in [2.05, 4.69) is 5.32 Å². The number of anilines is 1. The van der Waals surface area contributed by atoms with Crippen LogP contribution in [0.1, 0.15) is 17.3 Å². The van der Waals surface area contributed by atoms with Gasteiger partial charge in [-0.1, -0.05) is 6.07 Å². The molecule has 1 aliphatic rings. The van der Waals surface area contributed by atoms with Crippen LogP contribution in [-0.4, -0.2) is 25.1 Å². The molecule has 0 bridgehead atoms. The quantitative estimate of drug-likeness (QED) is 0.762. The van der Waals surface area contributed by atoms with Gasteiger partial charge in [-0.05, 0) is 19.1 Å². The Morgan fingerprint density at radius 1 is 1.56 bits per heavy atom. The number of nitrogens with one attached hydrogen (secondary N) is 1. The summed E-state index contributed by atoms with van der Waals surface area (Å²) in [6.45, 7) is 1.95. The van der Waals surface area contributed by atoms with Gasteiger partial charge in [0.15, 0.2) is 12.4 Å². The molecule has 0 saturated heterocycles. The predicted octanol–water partition coefficient (Wildman–Crippen LogP) is 1.19. The standard InChI is InChI=1S/C11H11NO4/c1-2-15-11(14)7-4-3-5-8-10(7)16-6-9(13)12-8/h3-5H,2,6H2,1H3,(H,12,13). The highest BCUT2D eigenvalue weighted by Gasteiger charge is 2.22. The second-order valence-corrected chi connectivity index (χ2v) is 3.24. The Labute approximate surface area is 92.4 Å². The Kier molecular flexibility index (Phi) is 2.76. The molecule has 2 rings (SSSR count). The third-order valence-corrected chi connectivity index (χ3v) is 2.13. The lowest BCUT2D eigenvalue weighted by Crippen LogP contribution is -2.26. The number of hydrogen-bond donors (Lipinski definition) is 1. The minimum Gasteiger partial charge on any atom is -0.481 e. The van der Waals surface area contributed by atoms with E-state index in [4.69, 9.17) is 9.47 Å². The topological polar surface area (TPSA) is 64.6 Å². The average molecular weight is 221 g/mol. The maximum absolute atomic E-state index is 11.6. The maximum atomic E-state index is 11.6. The van der Waals surface area contributed by atoms with Crippen LogP contribution in [0, 0.1) is 0 Å². The summed E-state index contributed by atoms with van der Waals surface area (Å²) in [6, 6.07) is 4.95. The number of amides is 1. The van der Waals surface area contributed by atoms with E-state index in [9.17, 15) is 9.59 Å². The largest absolute Gasteiger partial charge is 0.481 e. The monoisotopic (exact) mass is 221 g/mol. The number of carbonyl (C=O) groups excluding carboxylic acids is 2. The number of carbonyl (C=O) groups is 2. The summed E-state index contributed by atoms with van der Waals surface area (Å²) >= 11 is 0. The van der Waals surface area contributed by atoms with Crippen LogP contribution >= 0.6 is 0 Å². The van der Waals surface area contributed by atoms with Crippen LogP contribution in [0.25, 0.3) is 0 Å². The molecule has 5 heteroatoms. The van der Waals surface area contributed by atoms with Gasteiger partial charge in [0, 0.05) is 0 Å². The molecule has 0 fully saturated rings. The van der Waals surface area contributed by atoms with Crippen LogP contribution in [0.4, 0.5) is 5.69 Å². The summed E-state index contributed by atoms with van der Waals surface area (Å²) in [7, 11) is 0. The highest BCUT2D eigenvalue weighted by Crippen LogP contribution is 2.31. The first kappa shape index (κ1) is 10.5. The van der Waals surface area contributed by atoms with Gasteiger partial charge in [-0.15, -0.1) is 0 Å². The number of benzene rings is 1. The number of para-hydroxylation sites is 1. The molecular formula is C11H11NO4. The minimum absolute atomic E-state index is 0.0799. The van der Waals surface area contributed by atoms with Crippen molar-refractivity contribution in [2.75, 3.05) is 18.5 Å². The molecule has 0 saturated carbocycles. The molecule has 0 aliphatic carbocycles. The van der Waals surface area contributed by atoms with Gasteiger partial charge in [-0.3, -0.25) is 4.79 Å². The lowest BCUT2D eigenvalue weighted by Gasteiger charge is -2.19. The number of ether oxygens (including phenoxy) is 2. The van der Waals surface area contributed by atoms with Crippen LogP contribution in [0.15, 0.2) is 18.2 Å². The van der Waals surface area contributed by atoms with Crippen molar-refractivity contribution in [1.82, 2.24) is 0 Å². The van der Waals surface area contributed by atoms with Crippen LogP contribution in [0.2, 0.25) is 0 Å². The second kappa shape index (κ2) is 4.22. The highest BCUT2D eigenvalue weighted by molar-refractivity contribution is 6.01. The second-order valence-electron chi connectivity index (χ2n) is 3.24. The zero-order chi connectivity index (χ0) is 11.5. The van der Waals surface area contributed by atoms with Crippen molar-refractivity contribution in [2.45, 2.75) is 6.92 Å². The number of esters is 1. The van der Waals surface area contributed by atoms with Gasteiger partial charge in [0.2, 0.25) is 0 Å². The number of fused-ring (bicyclic) bond motifs is 1. The molecule has 1 aromatic carbocycles. The van der Waals surface area contributed by atoms with E-state index in [0.29, 0.717) is 23.6 Å². The fourth-order valence-corrected chi connectivity index (χ4v) is 1.48. The van der Waals surface area contributed by atoms with Crippen molar-refractivity contribution < 1.29 is 19.1 Å². The molecule has 0 unspecified atom stereocenters. The minimum atomic E-state index is -0.449. The van der Waals surface area contributed by atoms with Crippen molar-refractivity contribution in [3.05, 3.63) is 23.8 Å². The molecule has 84 valence electrons. The summed E-state index contributed by atoms with van der Waals surface area (Å²) in [4.78, 5) is 22.7. The van der Waals surface area contributed by atoms with E-state index in [1.54, 1.807) is 25.1 Å². The van der Waals surface area contributed by atoms with Gasteiger partial charge in [0.1, 0.15) is 5.56 Å². The van der Waals surface area contributed by atoms with E-state index in [0.717, 1.165) is 0 Å². The normalized spacial score (nSPS) is 13.4. The zero-order valence-electron chi connectivity index (χ0n) is 8.78. The zero-order valence-corrected chi connectivity index (χ0v) is 8.78. The Hall–Kier alpha value is -2.04. The van der Waals surface area contributed by atoms with Crippen molar-refractivity contribution >= 4 is 17.6 Å². The maximum Gasteiger partial charge on any atom is 0.341 e. The summed E-state index contributed by atoms with van der Waals surface area (Å²) in [5.41, 5.74) is 0.834. The van der Waals surface area contributed by atoms with Gasteiger partial charge >= 0.3 is 5.97 Å². The van der Waals surface area contributed by atoms with Crippen molar-refractivity contribution in [3.63, 3.8) is 0 Å². The van der Waals surface area contributed by atoms with Crippen LogP contribution in [0.3, 0.4) is 0 Å². The van der Waals surface area contributed by atoms with E-state index in [1.165, 1.54) is 0 Å². The molecule has 1 N–H and O–H groups in total. The number of rotatable bonds is 2. The van der Waals surface area contributed by atoms with Crippen molar-refractivity contribution in [2.24, 2.45) is 0 Å². The van der Waals surface area contributed by atoms with Gasteiger partial charge in [0.25, 0.3) is 5.91 Å². The molecule has 0 aromatic heterocycles. The fraction of sp³-hybridized carbons (Fsp3) is 0.273. The lowest BCUT2D eigenvalue weighted by atomic mass is 10.1. The summed E-state index contributed by atoms with van der Waals surface area (Å²) < 4.78 is 10.1. The van der Waals surface area contributed by atoms with E-state index in [1.807, 2.05) is 0 Å². The third-order valence-electron chi connectivity index (χ3n) is 2.13. The van der Waals surface area contributed by atoms with E-state index < -0.39 is 5.97 Å². The van der Waals surface area contributed by atoms with Crippen LogP contribution < -0.4 is 10.1 Å². The molecule has 16 heavy (non-hydrogen) atoms. The van der Waals surface area contributed by atoms with Crippen LogP contribution in [-0.2, 0) is 9.53 Å². The molecular weight excluding hydrogens is 210 g/mol. The molecule has 1 aromatic rings. The fourth-order valence-electron chi connectivity index (χ4n) is 1.48. The van der Waals surface area contributed by atoms with Gasteiger partial charge < -0.3 is 14.8 Å². The predicted molar refractivity (Wildman–Crippen MR) is 56.5 cm³/mol. The Balaban J connectivity index is 2.37. The van der Waals surface area contributed by atoms with Gasteiger partial charge in [-0.2, -0.15) is 0 Å². The van der Waals surface area contributed by atoms with E-state index >= 15 is 0 Å². The molecule has 0 atom stereocenters. The highest BCUT2D eigenvalue weighted by atomic mass is 16.5. The van der Waals surface area contributed by atoms with Crippen molar-refractivity contribution in [3.8, 4) is 5.75 Å². The summed E-state index contributed by atoms with van der Waals surface area (Å²) in [6.07, 6.45) is 0. The summed E-state index contributed by atoms with van der Waals surface area (Å²) in [5, 5.41) is 2.63. The van der Waals surface area contributed by atoms with Crippen molar-refractivity contribution in [1.29, 1.82) is 0 Å². The third kappa shape index (κ3) is 1.84. The van der Waals surface area contributed by atoms with E-state index in [-0.39, 0.29) is 12.5 Å². The Morgan fingerprint density at radius 3 is 3.12 bits per heavy atom. The molecule has 5 nitrogen and oxygen atoms in total. The van der Waals surface area contributed by atoms with Gasteiger partial charge in [0.05, 0.1) is 12.3 Å². The summed E-state index contributed by atoms with van der Waals surface area (Å²) in [5.74, 6) is -0.301. The number of hydrogen-bond acceptors (Lipinski definition) is 4. The Bertz CT molecular complexity index is 442. The lowest BCUT2D eigenvalue weighted by molar-refractivity contribution is -0.118. The smallest absolute Gasteiger partial charge is 0.341 e. The van der Waals surface area contributed by atoms with Crippen LogP contribution in [0.5, 0.6) is 5.75 Å². The first-order valence-corrected chi connectivity index (χ1v) is 4.95. The molecule has 1 heterocycles. The Morgan fingerprint density at radius 2 is 2.38 bits per heavy atom.